The van der Waals surface area contributed by atoms with Crippen molar-refractivity contribution in [3.63, 3.8) is 0 Å². The summed E-state index contributed by atoms with van der Waals surface area (Å²) < 4.78 is 0. The lowest BCUT2D eigenvalue weighted by Gasteiger charge is -2.30. The van der Waals surface area contributed by atoms with Gasteiger partial charge in [0.2, 0.25) is 5.95 Å². The van der Waals surface area contributed by atoms with E-state index in [1.807, 2.05) is 49.8 Å². The Bertz CT molecular complexity index is 590. The van der Waals surface area contributed by atoms with Gasteiger partial charge in [-0.2, -0.15) is 0 Å². The van der Waals surface area contributed by atoms with Crippen LogP contribution in [-0.2, 0) is 0 Å². The highest BCUT2D eigenvalue weighted by atomic mass is 16.3. The van der Waals surface area contributed by atoms with Gasteiger partial charge in [-0.15, -0.1) is 0 Å². The van der Waals surface area contributed by atoms with Gasteiger partial charge in [-0.3, -0.25) is 4.79 Å². The maximum Gasteiger partial charge on any atom is 0.257 e. The molecule has 7 nitrogen and oxygen atoms in total. The predicted octanol–water partition coefficient (Wildman–Crippen LogP) is 0.770. The molecule has 2 rings (SSSR count). The number of nitrogens with zero attached hydrogens (tertiary/aromatic N) is 5. The van der Waals surface area contributed by atoms with E-state index in [4.69, 9.17) is 0 Å². The molecule has 1 N–H and O–H groups in total. The van der Waals surface area contributed by atoms with Crippen LogP contribution in [0.25, 0.3) is 0 Å². The maximum absolute atomic E-state index is 12.8. The van der Waals surface area contributed by atoms with Crippen molar-refractivity contribution in [2.75, 3.05) is 52.7 Å². The van der Waals surface area contributed by atoms with Crippen LogP contribution in [0.5, 0.6) is 0 Å². The van der Waals surface area contributed by atoms with E-state index in [0.717, 1.165) is 6.42 Å². The third kappa shape index (κ3) is 4.42. The van der Waals surface area contributed by atoms with Gasteiger partial charge in [0.05, 0.1) is 16.9 Å². The van der Waals surface area contributed by atoms with Gasteiger partial charge in [0.1, 0.15) is 0 Å². The number of aliphatic hydroxyl groups is 1. The molecule has 24 heavy (non-hydrogen) atoms. The van der Waals surface area contributed by atoms with Crippen molar-refractivity contribution in [1.29, 1.82) is 0 Å². The van der Waals surface area contributed by atoms with Crippen LogP contribution in [-0.4, -0.2) is 84.2 Å². The van der Waals surface area contributed by atoms with Gasteiger partial charge < -0.3 is 19.8 Å². The molecule has 0 unspecified atom stereocenters. The Morgan fingerprint density at radius 1 is 1.29 bits per heavy atom. The molecule has 7 heteroatoms. The molecule has 1 fully saturated rings. The minimum absolute atomic E-state index is 0.0492. The van der Waals surface area contributed by atoms with Crippen molar-refractivity contribution < 1.29 is 9.90 Å². The van der Waals surface area contributed by atoms with Crippen LogP contribution in [0, 0.1) is 6.92 Å². The van der Waals surface area contributed by atoms with Crippen molar-refractivity contribution in [3.8, 4) is 0 Å². The Kier molecular flexibility index (Phi) is 5.77. The van der Waals surface area contributed by atoms with Gasteiger partial charge in [0, 0.05) is 39.9 Å². The quantitative estimate of drug-likeness (QED) is 0.876. The first-order valence-electron chi connectivity index (χ1n) is 8.39. The zero-order chi connectivity index (χ0) is 17.9. The molecule has 1 aromatic heterocycles. The first-order chi connectivity index (χ1) is 11.2. The molecule has 2 heterocycles. The van der Waals surface area contributed by atoms with Crippen molar-refractivity contribution in [2.24, 2.45) is 0 Å². The fraction of sp³-hybridized carbons (Fsp3) is 0.706. The summed E-state index contributed by atoms with van der Waals surface area (Å²) >= 11 is 0. The highest BCUT2D eigenvalue weighted by molar-refractivity contribution is 5.95. The molecule has 0 aromatic carbocycles. The second kappa shape index (κ2) is 7.44. The Morgan fingerprint density at radius 2 is 2.00 bits per heavy atom. The van der Waals surface area contributed by atoms with Crippen molar-refractivity contribution in [3.05, 3.63) is 17.5 Å². The largest absolute Gasteiger partial charge is 0.388 e. The minimum atomic E-state index is -0.723. The van der Waals surface area contributed by atoms with E-state index in [9.17, 15) is 9.90 Å². The number of hydrogen-bond acceptors (Lipinski definition) is 6. The summed E-state index contributed by atoms with van der Waals surface area (Å²) in [6.07, 6.45) is 3.71. The number of carbonyl (C=O) groups excluding carboxylic acids is 1. The van der Waals surface area contributed by atoms with Crippen LogP contribution in [0.1, 0.15) is 35.3 Å². The molecule has 0 radical (unpaired) electrons. The number of amides is 1. The van der Waals surface area contributed by atoms with E-state index in [1.54, 1.807) is 6.20 Å². The fourth-order valence-electron chi connectivity index (χ4n) is 3.18. The monoisotopic (exact) mass is 335 g/mol. The molecule has 1 aromatic rings. The van der Waals surface area contributed by atoms with Gasteiger partial charge >= 0.3 is 0 Å². The number of likely N-dealkylation sites (N-methyl/N-ethyl adjacent to an activating group) is 1. The average molecular weight is 335 g/mol. The summed E-state index contributed by atoms with van der Waals surface area (Å²) in [7, 11) is 7.66. The number of aromatic nitrogens is 2. The molecule has 0 saturated carbocycles. The van der Waals surface area contributed by atoms with E-state index in [-0.39, 0.29) is 5.91 Å². The smallest absolute Gasteiger partial charge is 0.257 e. The highest BCUT2D eigenvalue weighted by Gasteiger charge is 2.32. The van der Waals surface area contributed by atoms with Crippen LogP contribution in [0.2, 0.25) is 0 Å². The second-order valence-corrected chi connectivity index (χ2v) is 7.17. The summed E-state index contributed by atoms with van der Waals surface area (Å²) in [5, 5.41) is 10.7. The van der Waals surface area contributed by atoms with Crippen molar-refractivity contribution in [1.82, 2.24) is 19.8 Å². The zero-order valence-corrected chi connectivity index (χ0v) is 15.4. The van der Waals surface area contributed by atoms with Crippen molar-refractivity contribution >= 4 is 11.9 Å². The molecule has 0 bridgehead atoms. The normalized spacial score (nSPS) is 21.7. The highest BCUT2D eigenvalue weighted by Crippen LogP contribution is 2.24. The van der Waals surface area contributed by atoms with E-state index < -0.39 is 5.60 Å². The summed E-state index contributed by atoms with van der Waals surface area (Å²) in [5.41, 5.74) is 0.504. The standard InChI is InChI=1S/C17H29N5O2/c1-13-14(11-18-16(19-13)21(4)5)15(23)22-9-6-7-17(24,8-10-22)12-20(2)3/h11,24H,6-10,12H2,1-5H3/t17-/m1/s1. The Labute approximate surface area is 144 Å². The lowest BCUT2D eigenvalue weighted by Crippen LogP contribution is -2.41. The maximum atomic E-state index is 12.8. The van der Waals surface area contributed by atoms with E-state index >= 15 is 0 Å². The van der Waals surface area contributed by atoms with Crippen LogP contribution in [0.4, 0.5) is 5.95 Å². The SMILES string of the molecule is Cc1nc(N(C)C)ncc1C(=O)N1CCC[C@](O)(CN(C)C)CC1. The summed E-state index contributed by atoms with van der Waals surface area (Å²) in [4.78, 5) is 27.1. The van der Waals surface area contributed by atoms with E-state index in [2.05, 4.69) is 9.97 Å². The fourth-order valence-corrected chi connectivity index (χ4v) is 3.18. The number of carbonyl (C=O) groups is 1. The molecule has 0 aliphatic carbocycles. The molecule has 134 valence electrons. The van der Waals surface area contributed by atoms with Gasteiger partial charge in [0.25, 0.3) is 5.91 Å². The summed E-state index contributed by atoms with van der Waals surface area (Å²) in [6.45, 7) is 3.66. The lowest BCUT2D eigenvalue weighted by molar-refractivity contribution is 0.00305. The first kappa shape index (κ1) is 18.6. The van der Waals surface area contributed by atoms with Gasteiger partial charge in [-0.05, 0) is 40.3 Å². The van der Waals surface area contributed by atoms with Gasteiger partial charge in [-0.25, -0.2) is 9.97 Å². The van der Waals surface area contributed by atoms with Crippen LogP contribution < -0.4 is 4.90 Å². The van der Waals surface area contributed by atoms with Crippen LogP contribution >= 0.6 is 0 Å². The van der Waals surface area contributed by atoms with Gasteiger partial charge in [0.15, 0.2) is 0 Å². The Morgan fingerprint density at radius 3 is 2.58 bits per heavy atom. The summed E-state index contributed by atoms with van der Waals surface area (Å²) in [6, 6.07) is 0. The lowest BCUT2D eigenvalue weighted by atomic mass is 9.94. The topological polar surface area (TPSA) is 72.8 Å². The number of anilines is 1. The number of rotatable bonds is 4. The van der Waals surface area contributed by atoms with E-state index in [0.29, 0.717) is 49.7 Å². The summed E-state index contributed by atoms with van der Waals surface area (Å²) in [5.74, 6) is 0.548. The Balaban J connectivity index is 2.10. The Hall–Kier alpha value is -1.73. The molecule has 0 spiro atoms. The molecule has 1 aliphatic heterocycles. The minimum Gasteiger partial charge on any atom is -0.388 e. The number of hydrogen-bond donors (Lipinski definition) is 1. The van der Waals surface area contributed by atoms with Crippen LogP contribution in [0.3, 0.4) is 0 Å². The number of likely N-dealkylation sites (tertiary alicyclic amines) is 1. The molecule has 1 amide bonds. The molecule has 1 saturated heterocycles. The molecule has 1 atom stereocenters. The van der Waals surface area contributed by atoms with Gasteiger partial charge in [-0.1, -0.05) is 0 Å². The van der Waals surface area contributed by atoms with E-state index in [1.165, 1.54) is 0 Å². The van der Waals surface area contributed by atoms with Crippen molar-refractivity contribution in [2.45, 2.75) is 31.8 Å². The average Bonchev–Trinajstić information content (AvgIpc) is 2.67. The molecular formula is C17H29N5O2. The number of aryl methyl sites for hydroxylation is 1. The first-order valence-corrected chi connectivity index (χ1v) is 8.39. The predicted molar refractivity (Wildman–Crippen MR) is 94.4 cm³/mol. The third-order valence-electron chi connectivity index (χ3n) is 4.41. The molecule has 1 aliphatic rings. The zero-order valence-electron chi connectivity index (χ0n) is 15.4. The molecular weight excluding hydrogens is 306 g/mol. The van der Waals surface area contributed by atoms with Crippen LogP contribution in [0.15, 0.2) is 6.20 Å². The third-order valence-corrected chi connectivity index (χ3v) is 4.41. The second-order valence-electron chi connectivity index (χ2n) is 7.17.